The molecule has 10 heteroatoms. The van der Waals surface area contributed by atoms with Crippen molar-refractivity contribution in [3.8, 4) is 5.75 Å². The Hall–Kier alpha value is -2.65. The highest BCUT2D eigenvalue weighted by Gasteiger charge is 2.35. The van der Waals surface area contributed by atoms with Gasteiger partial charge in [-0.1, -0.05) is 0 Å². The minimum Gasteiger partial charge on any atom is -0.501 e. The molecule has 0 aliphatic rings. The first-order valence-electron chi connectivity index (χ1n) is 4.93. The van der Waals surface area contributed by atoms with Crippen molar-refractivity contribution >= 4 is 16.6 Å². The van der Waals surface area contributed by atoms with E-state index in [-0.39, 0.29) is 12.1 Å². The number of benzene rings is 1. The van der Waals surface area contributed by atoms with Crippen molar-refractivity contribution in [3.63, 3.8) is 0 Å². The van der Waals surface area contributed by atoms with Crippen LogP contribution in [-0.2, 0) is 6.18 Å². The van der Waals surface area contributed by atoms with Crippen LogP contribution in [0.1, 0.15) is 5.56 Å². The number of nitrogens with zero attached hydrogens (tertiary/aromatic N) is 1. The lowest BCUT2D eigenvalue weighted by atomic mass is 10.1. The molecule has 0 fully saturated rings. The van der Waals surface area contributed by atoms with Gasteiger partial charge in [0.1, 0.15) is 5.82 Å². The molecule has 2 rings (SSSR count). The SMILES string of the molecule is O=c1[nH]c2cc(C(F)(F)F)c(F)cc2c(O)c1[N+](=O)[O-]. The first-order valence-corrected chi connectivity index (χ1v) is 4.93. The van der Waals surface area contributed by atoms with E-state index < -0.39 is 50.4 Å². The number of aromatic hydroxyl groups is 1. The molecule has 0 aliphatic heterocycles. The predicted molar refractivity (Wildman–Crippen MR) is 57.8 cm³/mol. The highest BCUT2D eigenvalue weighted by Crippen LogP contribution is 2.36. The van der Waals surface area contributed by atoms with Crippen LogP contribution in [0.15, 0.2) is 16.9 Å². The fraction of sp³-hybridized carbons (Fsp3) is 0.100. The summed E-state index contributed by atoms with van der Waals surface area (Å²) in [7, 11) is 0. The van der Waals surface area contributed by atoms with E-state index in [9.17, 15) is 37.6 Å². The summed E-state index contributed by atoms with van der Waals surface area (Å²) in [6.07, 6.45) is -5.01. The number of aromatic amines is 1. The second-order valence-corrected chi connectivity index (χ2v) is 3.78. The first-order chi connectivity index (χ1) is 9.12. The molecule has 0 spiro atoms. The molecule has 1 aromatic heterocycles. The van der Waals surface area contributed by atoms with E-state index in [1.807, 2.05) is 0 Å². The number of hydrogen-bond donors (Lipinski definition) is 2. The Balaban J connectivity index is 2.91. The van der Waals surface area contributed by atoms with Crippen LogP contribution in [-0.4, -0.2) is 15.0 Å². The minimum atomic E-state index is -5.01. The smallest absolute Gasteiger partial charge is 0.419 e. The van der Waals surface area contributed by atoms with Gasteiger partial charge in [0.05, 0.1) is 21.4 Å². The van der Waals surface area contributed by atoms with Crippen molar-refractivity contribution in [1.82, 2.24) is 4.98 Å². The number of rotatable bonds is 1. The molecule has 1 aromatic carbocycles. The Morgan fingerprint density at radius 1 is 1.30 bits per heavy atom. The molecule has 20 heavy (non-hydrogen) atoms. The molecular weight excluding hydrogens is 288 g/mol. The number of nitrogens with one attached hydrogen (secondary N) is 1. The van der Waals surface area contributed by atoms with Crippen LogP contribution in [0, 0.1) is 15.9 Å². The topological polar surface area (TPSA) is 96.2 Å². The van der Waals surface area contributed by atoms with Crippen molar-refractivity contribution in [3.05, 3.63) is 44.0 Å². The second-order valence-electron chi connectivity index (χ2n) is 3.78. The van der Waals surface area contributed by atoms with Gasteiger partial charge >= 0.3 is 17.4 Å². The summed E-state index contributed by atoms with van der Waals surface area (Å²) >= 11 is 0. The van der Waals surface area contributed by atoms with Crippen LogP contribution < -0.4 is 5.56 Å². The number of hydrogen-bond acceptors (Lipinski definition) is 4. The summed E-state index contributed by atoms with van der Waals surface area (Å²) in [6, 6.07) is 0.534. The van der Waals surface area contributed by atoms with Gasteiger partial charge in [-0.2, -0.15) is 13.2 Å². The third-order valence-electron chi connectivity index (χ3n) is 2.54. The van der Waals surface area contributed by atoms with E-state index in [0.717, 1.165) is 0 Å². The highest BCUT2D eigenvalue weighted by atomic mass is 19.4. The number of fused-ring (bicyclic) bond motifs is 1. The zero-order chi connectivity index (χ0) is 15.2. The summed E-state index contributed by atoms with van der Waals surface area (Å²) in [6.45, 7) is 0. The van der Waals surface area contributed by atoms with Crippen molar-refractivity contribution in [2.45, 2.75) is 6.18 Å². The molecule has 0 unspecified atom stereocenters. The molecule has 0 atom stereocenters. The maximum Gasteiger partial charge on any atom is 0.419 e. The predicted octanol–water partition coefficient (Wildman–Crippen LogP) is 2.30. The molecule has 2 N–H and O–H groups in total. The maximum atomic E-state index is 13.3. The Morgan fingerprint density at radius 2 is 1.90 bits per heavy atom. The Kier molecular flexibility index (Phi) is 2.88. The lowest BCUT2D eigenvalue weighted by Crippen LogP contribution is -2.13. The fourth-order valence-corrected chi connectivity index (χ4v) is 1.68. The van der Waals surface area contributed by atoms with Gasteiger partial charge < -0.3 is 10.1 Å². The zero-order valence-corrected chi connectivity index (χ0v) is 9.29. The summed E-state index contributed by atoms with van der Waals surface area (Å²) in [5.41, 5.74) is -4.88. The standard InChI is InChI=1S/C10H4F4N2O4/c11-5-1-3-6(2-4(5)10(12,13)14)15-9(18)7(8(3)17)16(19)20/h1-2H,(H2,15,17,18). The van der Waals surface area contributed by atoms with Gasteiger partial charge in [0.15, 0.2) is 0 Å². The summed E-state index contributed by atoms with van der Waals surface area (Å²) in [5.74, 6) is -2.91. The highest BCUT2D eigenvalue weighted by molar-refractivity contribution is 5.88. The third-order valence-corrected chi connectivity index (χ3v) is 2.54. The number of aromatic nitrogens is 1. The van der Waals surface area contributed by atoms with Gasteiger partial charge in [0.25, 0.3) is 0 Å². The Labute approximate surface area is 106 Å². The van der Waals surface area contributed by atoms with E-state index in [1.165, 1.54) is 0 Å². The number of pyridine rings is 1. The van der Waals surface area contributed by atoms with Crippen LogP contribution in [0.3, 0.4) is 0 Å². The molecule has 0 radical (unpaired) electrons. The lowest BCUT2D eigenvalue weighted by Gasteiger charge is -2.09. The summed E-state index contributed by atoms with van der Waals surface area (Å²) in [4.78, 5) is 22.4. The molecule has 0 amide bonds. The van der Waals surface area contributed by atoms with Crippen LogP contribution in [0.5, 0.6) is 5.75 Å². The van der Waals surface area contributed by atoms with Gasteiger partial charge in [0.2, 0.25) is 5.75 Å². The van der Waals surface area contributed by atoms with Gasteiger partial charge in [0, 0.05) is 0 Å². The molecule has 0 saturated carbocycles. The minimum absolute atomic E-state index is 0.259. The summed E-state index contributed by atoms with van der Waals surface area (Å²) < 4.78 is 50.8. The molecule has 6 nitrogen and oxygen atoms in total. The molecule has 0 saturated heterocycles. The zero-order valence-electron chi connectivity index (χ0n) is 9.29. The van der Waals surface area contributed by atoms with Gasteiger partial charge in [-0.05, 0) is 12.1 Å². The number of halogens is 4. The van der Waals surface area contributed by atoms with E-state index in [2.05, 4.69) is 0 Å². The number of alkyl halides is 3. The first kappa shape index (κ1) is 13.8. The average Bonchev–Trinajstić information content (AvgIpc) is 2.27. The third kappa shape index (κ3) is 2.04. The van der Waals surface area contributed by atoms with E-state index in [0.29, 0.717) is 0 Å². The molecule has 1 heterocycles. The van der Waals surface area contributed by atoms with Crippen LogP contribution in [0.25, 0.3) is 10.9 Å². The number of nitro groups is 1. The average molecular weight is 292 g/mol. The normalized spacial score (nSPS) is 11.8. The molecule has 0 bridgehead atoms. The molecular formula is C10H4F4N2O4. The summed E-state index contributed by atoms with van der Waals surface area (Å²) in [5, 5.41) is 19.5. The fourth-order valence-electron chi connectivity index (χ4n) is 1.68. The number of H-pyrrole nitrogens is 1. The molecule has 0 aliphatic carbocycles. The van der Waals surface area contributed by atoms with Crippen LogP contribution >= 0.6 is 0 Å². The lowest BCUT2D eigenvalue weighted by molar-refractivity contribution is -0.387. The van der Waals surface area contributed by atoms with E-state index in [4.69, 9.17) is 0 Å². The second kappa shape index (κ2) is 4.18. The van der Waals surface area contributed by atoms with Crippen molar-refractivity contribution in [2.75, 3.05) is 0 Å². The van der Waals surface area contributed by atoms with Crippen LogP contribution in [0.2, 0.25) is 0 Å². The van der Waals surface area contributed by atoms with Crippen molar-refractivity contribution in [1.29, 1.82) is 0 Å². The van der Waals surface area contributed by atoms with Crippen LogP contribution in [0.4, 0.5) is 23.2 Å². The Morgan fingerprint density at radius 3 is 2.40 bits per heavy atom. The van der Waals surface area contributed by atoms with Crippen molar-refractivity contribution in [2.24, 2.45) is 0 Å². The van der Waals surface area contributed by atoms with E-state index >= 15 is 0 Å². The Bertz CT molecular complexity index is 781. The van der Waals surface area contributed by atoms with Gasteiger partial charge in [-0.3, -0.25) is 14.9 Å². The quantitative estimate of drug-likeness (QED) is 0.479. The maximum absolute atomic E-state index is 13.3. The molecule has 2 aromatic rings. The van der Waals surface area contributed by atoms with Crippen molar-refractivity contribution < 1.29 is 27.6 Å². The van der Waals surface area contributed by atoms with Gasteiger partial charge in [-0.25, -0.2) is 4.39 Å². The monoisotopic (exact) mass is 292 g/mol. The largest absolute Gasteiger partial charge is 0.501 e. The molecule has 106 valence electrons. The van der Waals surface area contributed by atoms with E-state index in [1.54, 1.807) is 4.98 Å². The van der Waals surface area contributed by atoms with Gasteiger partial charge in [-0.15, -0.1) is 0 Å².